The molecule has 1 aromatic carbocycles. The van der Waals surface area contributed by atoms with Crippen molar-refractivity contribution in [3.63, 3.8) is 0 Å². The SMILES string of the molecule is N#CNC(N)=Nc1cc(C(F)(F)F)ccc1F. The van der Waals surface area contributed by atoms with Crippen molar-refractivity contribution >= 4 is 11.6 Å². The normalized spacial score (nSPS) is 12.1. The fourth-order valence-corrected chi connectivity index (χ4v) is 0.990. The molecule has 0 atom stereocenters. The van der Waals surface area contributed by atoms with Crippen LogP contribution in [0.25, 0.3) is 0 Å². The lowest BCUT2D eigenvalue weighted by Gasteiger charge is -2.07. The Balaban J connectivity index is 3.17. The quantitative estimate of drug-likeness (QED) is 0.261. The zero-order valence-corrected chi connectivity index (χ0v) is 8.22. The summed E-state index contributed by atoms with van der Waals surface area (Å²) >= 11 is 0. The molecule has 0 saturated heterocycles. The van der Waals surface area contributed by atoms with Gasteiger partial charge in [0.25, 0.3) is 0 Å². The molecular weight excluding hydrogens is 240 g/mol. The number of rotatable bonds is 1. The van der Waals surface area contributed by atoms with Crippen molar-refractivity contribution in [2.24, 2.45) is 10.7 Å². The smallest absolute Gasteiger partial charge is 0.369 e. The van der Waals surface area contributed by atoms with Crippen molar-refractivity contribution < 1.29 is 17.6 Å². The second kappa shape index (κ2) is 4.69. The molecule has 4 nitrogen and oxygen atoms in total. The summed E-state index contributed by atoms with van der Waals surface area (Å²) in [7, 11) is 0. The molecule has 0 aromatic heterocycles. The van der Waals surface area contributed by atoms with E-state index in [1.165, 1.54) is 6.19 Å². The lowest BCUT2D eigenvalue weighted by atomic mass is 10.2. The van der Waals surface area contributed by atoms with E-state index in [1.807, 2.05) is 5.32 Å². The molecule has 8 heteroatoms. The van der Waals surface area contributed by atoms with E-state index in [4.69, 9.17) is 11.0 Å². The number of halogens is 4. The summed E-state index contributed by atoms with van der Waals surface area (Å²) < 4.78 is 50.1. The highest BCUT2D eigenvalue weighted by Crippen LogP contribution is 2.32. The van der Waals surface area contributed by atoms with Gasteiger partial charge < -0.3 is 5.73 Å². The van der Waals surface area contributed by atoms with E-state index in [-0.39, 0.29) is 0 Å². The lowest BCUT2D eigenvalue weighted by Crippen LogP contribution is -2.26. The number of benzene rings is 1. The van der Waals surface area contributed by atoms with Gasteiger partial charge in [0.2, 0.25) is 5.96 Å². The van der Waals surface area contributed by atoms with Gasteiger partial charge in [-0.1, -0.05) is 0 Å². The number of hydrogen-bond donors (Lipinski definition) is 2. The number of nitriles is 1. The molecule has 0 spiro atoms. The molecule has 1 rings (SSSR count). The van der Waals surface area contributed by atoms with Crippen molar-refractivity contribution in [2.45, 2.75) is 6.18 Å². The largest absolute Gasteiger partial charge is 0.416 e. The van der Waals surface area contributed by atoms with Gasteiger partial charge in [0, 0.05) is 0 Å². The molecule has 0 saturated carbocycles. The first-order valence-corrected chi connectivity index (χ1v) is 4.20. The molecule has 0 aliphatic carbocycles. The monoisotopic (exact) mass is 246 g/mol. The fraction of sp³-hybridized carbons (Fsp3) is 0.111. The Hall–Kier alpha value is -2.30. The first-order chi connectivity index (χ1) is 7.84. The van der Waals surface area contributed by atoms with Gasteiger partial charge >= 0.3 is 6.18 Å². The molecule has 90 valence electrons. The van der Waals surface area contributed by atoms with Crippen molar-refractivity contribution in [3.05, 3.63) is 29.6 Å². The van der Waals surface area contributed by atoms with Crippen LogP contribution in [0.2, 0.25) is 0 Å². The number of hydrogen-bond acceptors (Lipinski definition) is 2. The standard InChI is InChI=1S/C9H6F4N4/c10-6-2-1-5(9(11,12)13)3-7(6)17-8(15)16-4-14/h1-3H,(H3,15,16,17). The predicted molar refractivity (Wildman–Crippen MR) is 51.4 cm³/mol. The summed E-state index contributed by atoms with van der Waals surface area (Å²) in [6, 6.07) is 1.71. The first kappa shape index (κ1) is 12.8. The third-order valence-corrected chi connectivity index (χ3v) is 1.70. The van der Waals surface area contributed by atoms with Gasteiger partial charge in [-0.2, -0.15) is 18.4 Å². The van der Waals surface area contributed by atoms with Gasteiger partial charge in [-0.05, 0) is 18.2 Å². The molecule has 0 aliphatic heterocycles. The molecule has 0 fully saturated rings. The fourth-order valence-electron chi connectivity index (χ4n) is 0.990. The molecule has 0 heterocycles. The van der Waals surface area contributed by atoms with Gasteiger partial charge in [-0.3, -0.25) is 5.32 Å². The minimum Gasteiger partial charge on any atom is -0.369 e. The predicted octanol–water partition coefficient (Wildman–Crippen LogP) is 1.86. The molecule has 3 N–H and O–H groups in total. The number of nitrogens with one attached hydrogen (secondary N) is 1. The second-order valence-corrected chi connectivity index (χ2v) is 2.90. The van der Waals surface area contributed by atoms with Crippen molar-refractivity contribution in [3.8, 4) is 6.19 Å². The summed E-state index contributed by atoms with van der Waals surface area (Å²) in [5.74, 6) is -1.47. The Morgan fingerprint density at radius 3 is 2.59 bits per heavy atom. The van der Waals surface area contributed by atoms with Crippen LogP contribution in [0.3, 0.4) is 0 Å². The summed E-state index contributed by atoms with van der Waals surface area (Å²) in [6.07, 6.45) is -3.20. The van der Waals surface area contributed by atoms with Crippen LogP contribution in [0, 0.1) is 17.3 Å². The van der Waals surface area contributed by atoms with E-state index in [0.717, 1.165) is 0 Å². The van der Waals surface area contributed by atoms with E-state index in [2.05, 4.69) is 4.99 Å². The Bertz CT molecular complexity index is 487. The Kier molecular flexibility index (Phi) is 3.52. The van der Waals surface area contributed by atoms with Crippen LogP contribution in [0.1, 0.15) is 5.56 Å². The third-order valence-electron chi connectivity index (χ3n) is 1.70. The minimum absolute atomic E-state index is 0.495. The summed E-state index contributed by atoms with van der Waals surface area (Å²) in [6.45, 7) is 0. The molecular formula is C9H6F4N4. The Morgan fingerprint density at radius 1 is 1.41 bits per heavy atom. The van der Waals surface area contributed by atoms with Gasteiger partial charge in [0.15, 0.2) is 6.19 Å². The maximum atomic E-state index is 13.1. The number of guanidine groups is 1. The molecule has 0 aliphatic rings. The number of nitrogens with zero attached hydrogens (tertiary/aromatic N) is 2. The number of alkyl halides is 3. The third kappa shape index (κ3) is 3.34. The van der Waals surface area contributed by atoms with Crippen LogP contribution in [0.4, 0.5) is 23.2 Å². The van der Waals surface area contributed by atoms with Crippen molar-refractivity contribution in [1.82, 2.24) is 5.32 Å². The van der Waals surface area contributed by atoms with Crippen molar-refractivity contribution in [1.29, 1.82) is 5.26 Å². The lowest BCUT2D eigenvalue weighted by molar-refractivity contribution is -0.137. The Morgan fingerprint density at radius 2 is 2.06 bits per heavy atom. The Labute approximate surface area is 93.4 Å². The highest BCUT2D eigenvalue weighted by molar-refractivity contribution is 5.82. The van der Waals surface area contributed by atoms with Crippen LogP contribution < -0.4 is 11.1 Å². The summed E-state index contributed by atoms with van der Waals surface area (Å²) in [5, 5.41) is 10.0. The number of aliphatic imine (C=N–C) groups is 1. The first-order valence-electron chi connectivity index (χ1n) is 4.20. The van der Waals surface area contributed by atoms with Crippen LogP contribution in [0.5, 0.6) is 0 Å². The van der Waals surface area contributed by atoms with Gasteiger partial charge in [0.1, 0.15) is 11.5 Å². The van der Waals surface area contributed by atoms with E-state index in [9.17, 15) is 17.6 Å². The van der Waals surface area contributed by atoms with Gasteiger partial charge in [-0.25, -0.2) is 9.38 Å². The zero-order chi connectivity index (χ0) is 13.1. The molecule has 1 aromatic rings. The molecule has 17 heavy (non-hydrogen) atoms. The molecule has 0 bridgehead atoms. The van der Waals surface area contributed by atoms with Gasteiger partial charge in [-0.15, -0.1) is 0 Å². The summed E-state index contributed by atoms with van der Waals surface area (Å²) in [4.78, 5) is 3.31. The topological polar surface area (TPSA) is 74.2 Å². The van der Waals surface area contributed by atoms with E-state index in [1.54, 1.807) is 0 Å². The van der Waals surface area contributed by atoms with Crippen LogP contribution in [-0.4, -0.2) is 5.96 Å². The maximum Gasteiger partial charge on any atom is 0.416 e. The number of nitrogens with two attached hydrogens (primary N) is 1. The second-order valence-electron chi connectivity index (χ2n) is 2.90. The zero-order valence-electron chi connectivity index (χ0n) is 8.22. The molecule has 0 amide bonds. The van der Waals surface area contributed by atoms with Crippen LogP contribution in [0.15, 0.2) is 23.2 Å². The minimum atomic E-state index is -4.60. The van der Waals surface area contributed by atoms with Crippen LogP contribution in [-0.2, 0) is 6.18 Å². The average Bonchev–Trinajstić information content (AvgIpc) is 2.20. The van der Waals surface area contributed by atoms with E-state index in [0.29, 0.717) is 18.2 Å². The highest BCUT2D eigenvalue weighted by atomic mass is 19.4. The van der Waals surface area contributed by atoms with Gasteiger partial charge in [0.05, 0.1) is 5.56 Å². The van der Waals surface area contributed by atoms with E-state index < -0.39 is 29.2 Å². The van der Waals surface area contributed by atoms with Crippen molar-refractivity contribution in [2.75, 3.05) is 0 Å². The van der Waals surface area contributed by atoms with E-state index >= 15 is 0 Å². The van der Waals surface area contributed by atoms with Crippen LogP contribution >= 0.6 is 0 Å². The average molecular weight is 246 g/mol. The highest BCUT2D eigenvalue weighted by Gasteiger charge is 2.31. The molecule has 0 radical (unpaired) electrons. The summed E-state index contributed by atoms with van der Waals surface area (Å²) in [5.41, 5.74) is 3.46. The maximum absolute atomic E-state index is 13.1. The molecule has 0 unspecified atom stereocenters.